The minimum Gasteiger partial charge on any atom is -0.462 e. The number of hydrogen-bond donors (Lipinski definition) is 5. The summed E-state index contributed by atoms with van der Waals surface area (Å²) in [5.74, 6) is -0.477. The molecule has 5 atom stereocenters. The number of hydrogen-bond acceptors (Lipinski definition) is 11. The average Bonchev–Trinajstić information content (AvgIpc) is 3.12. The van der Waals surface area contributed by atoms with Crippen molar-refractivity contribution in [2.45, 2.75) is 161 Å². The highest BCUT2D eigenvalue weighted by Crippen LogP contribution is 2.43. The molecule has 0 aliphatic carbocycles. The molecule has 12 nitrogen and oxygen atoms in total. The Morgan fingerprint density at radius 2 is 1.17 bits per heavy atom. The van der Waals surface area contributed by atoms with Gasteiger partial charge < -0.3 is 34.8 Å². The van der Waals surface area contributed by atoms with Gasteiger partial charge in [-0.25, -0.2) is 4.57 Å². The summed E-state index contributed by atoms with van der Waals surface area (Å²) < 4.78 is 32.4. The van der Waals surface area contributed by atoms with Crippen LogP contribution in [0.4, 0.5) is 0 Å². The Morgan fingerprint density at radius 1 is 0.642 bits per heavy atom. The van der Waals surface area contributed by atoms with Crippen molar-refractivity contribution in [2.24, 2.45) is 5.92 Å². The summed E-state index contributed by atoms with van der Waals surface area (Å²) in [6.07, 6.45) is 25.6. The molecule has 0 saturated heterocycles. The normalized spacial score (nSPS) is 15.8. The molecule has 0 aromatic carbocycles. The number of phosphoric ester groups is 1. The topological polar surface area (TPSA) is 189 Å². The van der Waals surface area contributed by atoms with Crippen molar-refractivity contribution in [3.05, 3.63) is 48.6 Å². The van der Waals surface area contributed by atoms with Crippen molar-refractivity contribution < 1.29 is 58.0 Å². The smallest absolute Gasteiger partial charge is 0.462 e. The molecule has 0 saturated carbocycles. The highest BCUT2D eigenvalue weighted by molar-refractivity contribution is 7.47. The molecule has 0 aromatic rings. The number of ether oxygens (including phenoxy) is 2. The molecule has 0 bridgehead atoms. The number of carbonyl (C=O) groups is 2. The van der Waals surface area contributed by atoms with Crippen molar-refractivity contribution in [3.63, 3.8) is 0 Å². The number of rotatable bonds is 35. The van der Waals surface area contributed by atoms with Crippen molar-refractivity contribution in [3.8, 4) is 0 Å². The molecule has 308 valence electrons. The first-order valence-electron chi connectivity index (χ1n) is 19.6. The Kier molecular flexibility index (Phi) is 33.0. The van der Waals surface area contributed by atoms with E-state index in [9.17, 15) is 34.4 Å². The lowest BCUT2D eigenvalue weighted by Crippen LogP contribution is -2.30. The largest absolute Gasteiger partial charge is 0.472 e. The van der Waals surface area contributed by atoms with Gasteiger partial charge in [0, 0.05) is 12.8 Å². The molecule has 0 amide bonds. The molecule has 0 rings (SSSR count). The molecule has 0 aromatic heterocycles. The molecule has 5 N–H and O–H groups in total. The van der Waals surface area contributed by atoms with Gasteiger partial charge in [-0.3, -0.25) is 18.6 Å². The zero-order valence-corrected chi connectivity index (χ0v) is 33.5. The van der Waals surface area contributed by atoms with Gasteiger partial charge in [0.25, 0.3) is 0 Å². The maximum Gasteiger partial charge on any atom is 0.472 e. The number of aliphatic hydroxyl groups excluding tert-OH is 4. The molecule has 0 fully saturated rings. The van der Waals surface area contributed by atoms with Crippen LogP contribution < -0.4 is 0 Å². The number of unbranched alkanes of at least 4 members (excludes halogenated alkanes) is 7. The second kappa shape index (κ2) is 34.3. The number of allylic oxidation sites excluding steroid dienone is 7. The zero-order chi connectivity index (χ0) is 39.6. The lowest BCUT2D eigenvalue weighted by Gasteiger charge is -2.20. The van der Waals surface area contributed by atoms with E-state index in [0.29, 0.717) is 12.8 Å². The first-order valence-corrected chi connectivity index (χ1v) is 21.1. The van der Waals surface area contributed by atoms with E-state index < -0.39 is 70.6 Å². The van der Waals surface area contributed by atoms with Crippen LogP contribution in [-0.2, 0) is 32.7 Å². The SMILES string of the molecule is CC/C=C\C/C=C\C/C=C\C/C=C\C[C@@H](O)[C@H](O)CCCC(=O)O[C@H](COC(=O)CCCCCCCCCCC(C)C)COP(=O)(O)OC[C@@H](O)CO. The molecule has 0 spiro atoms. The molecule has 0 radical (unpaired) electrons. The van der Waals surface area contributed by atoms with Crippen LogP contribution in [0.25, 0.3) is 0 Å². The van der Waals surface area contributed by atoms with E-state index in [1.54, 1.807) is 6.08 Å². The van der Waals surface area contributed by atoms with E-state index in [2.05, 4.69) is 55.7 Å². The van der Waals surface area contributed by atoms with Gasteiger partial charge in [0.15, 0.2) is 6.10 Å². The van der Waals surface area contributed by atoms with Crippen molar-refractivity contribution in [1.29, 1.82) is 0 Å². The van der Waals surface area contributed by atoms with Crippen molar-refractivity contribution in [1.82, 2.24) is 0 Å². The molecule has 0 aliphatic rings. The minimum absolute atomic E-state index is 0.130. The van der Waals surface area contributed by atoms with E-state index in [-0.39, 0.29) is 32.1 Å². The van der Waals surface area contributed by atoms with Crippen LogP contribution >= 0.6 is 7.82 Å². The Labute approximate surface area is 319 Å². The monoisotopic (exact) mass is 774 g/mol. The Morgan fingerprint density at radius 3 is 1.75 bits per heavy atom. The Bertz CT molecular complexity index is 1070. The molecule has 0 heterocycles. The average molecular weight is 775 g/mol. The van der Waals surface area contributed by atoms with Crippen LogP contribution in [0.3, 0.4) is 0 Å². The molecule has 13 heteroatoms. The second-order valence-corrected chi connectivity index (χ2v) is 15.2. The van der Waals surface area contributed by atoms with Crippen molar-refractivity contribution in [2.75, 3.05) is 26.4 Å². The van der Waals surface area contributed by atoms with Gasteiger partial charge in [-0.2, -0.15) is 0 Å². The van der Waals surface area contributed by atoms with Crippen molar-refractivity contribution >= 4 is 19.8 Å². The lowest BCUT2D eigenvalue weighted by atomic mass is 10.0. The van der Waals surface area contributed by atoms with Gasteiger partial charge in [0.2, 0.25) is 0 Å². The summed E-state index contributed by atoms with van der Waals surface area (Å²) in [6, 6.07) is 0. The summed E-state index contributed by atoms with van der Waals surface area (Å²) in [7, 11) is -4.70. The standard InChI is InChI=1S/C40H71O12P/c1-4-5-6-7-8-9-10-11-12-16-19-22-26-37(43)38(44)27-24-29-40(46)52-36(33-51-53(47,48)50-31-35(42)30-41)32-49-39(45)28-23-20-17-14-13-15-18-21-25-34(2)3/h5-6,8-9,11-12,19,22,34-38,41-44H,4,7,10,13-18,20-21,23-33H2,1-3H3,(H,47,48)/b6-5-,9-8-,12-11-,22-19-/t35-,36+,37+,38+/m0/s1. The van der Waals surface area contributed by atoms with Crippen LogP contribution in [0, 0.1) is 5.92 Å². The van der Waals surface area contributed by atoms with Crippen LogP contribution in [0.15, 0.2) is 48.6 Å². The maximum absolute atomic E-state index is 12.6. The Hall–Kier alpha value is -2.15. The number of esters is 2. The van der Waals surface area contributed by atoms with Gasteiger partial charge in [-0.15, -0.1) is 0 Å². The van der Waals surface area contributed by atoms with Crippen LogP contribution in [-0.4, -0.2) is 88.1 Å². The minimum atomic E-state index is -4.70. The van der Waals surface area contributed by atoms with E-state index >= 15 is 0 Å². The van der Waals surface area contributed by atoms with E-state index in [1.165, 1.54) is 32.1 Å². The maximum atomic E-state index is 12.6. The van der Waals surface area contributed by atoms with Crippen LogP contribution in [0.1, 0.15) is 136 Å². The summed E-state index contributed by atoms with van der Waals surface area (Å²) in [6.45, 7) is 4.16. The fourth-order valence-corrected chi connectivity index (χ4v) is 5.76. The third kappa shape index (κ3) is 34.1. The van der Waals surface area contributed by atoms with Crippen LogP contribution in [0.2, 0.25) is 0 Å². The summed E-state index contributed by atoms with van der Waals surface area (Å²) >= 11 is 0. The number of carbonyl (C=O) groups excluding carboxylic acids is 2. The first kappa shape index (κ1) is 50.9. The van der Waals surface area contributed by atoms with E-state index in [1.807, 2.05) is 12.2 Å². The van der Waals surface area contributed by atoms with Gasteiger partial charge in [0.05, 0.1) is 32.0 Å². The third-order valence-electron chi connectivity index (χ3n) is 8.13. The predicted octanol–water partition coefficient (Wildman–Crippen LogP) is 7.57. The molecular weight excluding hydrogens is 703 g/mol. The first-order chi connectivity index (χ1) is 25.4. The van der Waals surface area contributed by atoms with Gasteiger partial charge in [-0.05, 0) is 57.3 Å². The fraction of sp³-hybridized carbons (Fsp3) is 0.750. The van der Waals surface area contributed by atoms with Crippen LogP contribution in [0.5, 0.6) is 0 Å². The van der Waals surface area contributed by atoms with Gasteiger partial charge >= 0.3 is 19.8 Å². The highest BCUT2D eigenvalue weighted by Gasteiger charge is 2.27. The summed E-state index contributed by atoms with van der Waals surface area (Å²) in [5, 5.41) is 38.9. The predicted molar refractivity (Wildman–Crippen MR) is 208 cm³/mol. The molecule has 1 unspecified atom stereocenters. The molecular formula is C40H71O12P. The Balaban J connectivity index is 4.64. The quantitative estimate of drug-likeness (QED) is 0.0184. The number of aliphatic hydroxyl groups is 4. The zero-order valence-electron chi connectivity index (χ0n) is 32.6. The number of phosphoric acid groups is 1. The second-order valence-electron chi connectivity index (χ2n) is 13.7. The summed E-state index contributed by atoms with van der Waals surface area (Å²) in [4.78, 5) is 34.9. The lowest BCUT2D eigenvalue weighted by molar-refractivity contribution is -0.161. The third-order valence-corrected chi connectivity index (χ3v) is 9.08. The molecule has 0 aliphatic heterocycles. The molecule has 53 heavy (non-hydrogen) atoms. The van der Waals surface area contributed by atoms with Gasteiger partial charge in [-0.1, -0.05) is 121 Å². The van der Waals surface area contributed by atoms with E-state index in [4.69, 9.17) is 19.1 Å². The van der Waals surface area contributed by atoms with E-state index in [0.717, 1.165) is 44.4 Å². The fourth-order valence-electron chi connectivity index (χ4n) is 4.97. The van der Waals surface area contributed by atoms with Gasteiger partial charge in [0.1, 0.15) is 12.7 Å². The summed E-state index contributed by atoms with van der Waals surface area (Å²) in [5.41, 5.74) is 0. The highest BCUT2D eigenvalue weighted by atomic mass is 31.2.